The molecule has 4 rings (SSSR count). The largest absolute Gasteiger partial charge is 0.488 e. The molecule has 0 radical (unpaired) electrons. The first-order valence-electron chi connectivity index (χ1n) is 8.91. The number of methoxy groups -OCH3 is 3. The molecule has 6 heteroatoms. The van der Waals surface area contributed by atoms with Crippen molar-refractivity contribution < 1.29 is 27.9 Å². The second-order valence-corrected chi connectivity index (χ2v) is 7.14. The molecule has 3 aliphatic rings. The molecule has 1 fully saturated rings. The van der Waals surface area contributed by atoms with Crippen LogP contribution in [0.25, 0.3) is 0 Å². The lowest BCUT2D eigenvalue weighted by Gasteiger charge is -2.44. The minimum absolute atomic E-state index is 0.0447. The minimum atomic E-state index is -0.285. The molecule has 2 heterocycles. The van der Waals surface area contributed by atoms with Gasteiger partial charge < -0.3 is 18.9 Å². The van der Waals surface area contributed by atoms with Gasteiger partial charge in [-0.05, 0) is 12.1 Å². The fraction of sp³-hybridized carbons (Fsp3) is 0.550. The highest BCUT2D eigenvalue weighted by atomic mass is 19.1. The maximum Gasteiger partial charge on any atom is 0.217 e. The van der Waals surface area contributed by atoms with Crippen LogP contribution in [-0.2, 0) is 14.2 Å². The van der Waals surface area contributed by atoms with E-state index in [0.717, 1.165) is 23.3 Å². The fourth-order valence-corrected chi connectivity index (χ4v) is 4.76. The van der Waals surface area contributed by atoms with Crippen molar-refractivity contribution in [2.75, 3.05) is 35.0 Å². The highest BCUT2D eigenvalue weighted by molar-refractivity contribution is 6.12. The molecule has 5 atom stereocenters. The van der Waals surface area contributed by atoms with Crippen LogP contribution in [0.2, 0.25) is 0 Å². The van der Waals surface area contributed by atoms with Gasteiger partial charge in [0.05, 0.1) is 29.3 Å². The number of benzene rings is 1. The normalized spacial score (nSPS) is 33.0. The lowest BCUT2D eigenvalue weighted by atomic mass is 9.74. The molecule has 0 N–H and O–H groups in total. The van der Waals surface area contributed by atoms with Crippen molar-refractivity contribution in [1.82, 2.24) is 0 Å². The zero-order valence-electron chi connectivity index (χ0n) is 15.6. The van der Waals surface area contributed by atoms with E-state index in [1.54, 1.807) is 27.4 Å². The number of hydrogen-bond donors (Lipinski definition) is 0. The van der Waals surface area contributed by atoms with Crippen LogP contribution in [0.1, 0.15) is 12.0 Å². The Balaban J connectivity index is 1.80. The molecule has 1 saturated carbocycles. The maximum atomic E-state index is 13.6. The molecule has 0 aromatic heterocycles. The fourth-order valence-electron chi connectivity index (χ4n) is 4.76. The van der Waals surface area contributed by atoms with Crippen molar-refractivity contribution in [2.24, 2.45) is 5.92 Å². The minimum Gasteiger partial charge on any atom is -0.488 e. The number of ether oxygens (including phenoxy) is 4. The molecule has 1 aromatic carbocycles. The first-order chi connectivity index (χ1) is 12.6. The van der Waals surface area contributed by atoms with Gasteiger partial charge in [0.2, 0.25) is 5.71 Å². The standard InChI is InChI=1S/C20H25FNO4/c1-22-15-9-17(23-2)20(25-4)19(24-3)14(15)7-11-10-26-16-8-12(21)5-6-13(16)18(11)22/h5-8,14-15,17,19-20H,9-10H2,1-4H3/q+1. The number of nitrogens with zero attached hydrogens (tertiary/aromatic N) is 1. The van der Waals surface area contributed by atoms with E-state index in [2.05, 4.69) is 17.7 Å². The topological polar surface area (TPSA) is 39.9 Å². The van der Waals surface area contributed by atoms with Crippen LogP contribution < -0.4 is 4.74 Å². The summed E-state index contributed by atoms with van der Waals surface area (Å²) >= 11 is 0. The summed E-state index contributed by atoms with van der Waals surface area (Å²) < 4.78 is 38.9. The van der Waals surface area contributed by atoms with Crippen molar-refractivity contribution in [1.29, 1.82) is 0 Å². The van der Waals surface area contributed by atoms with E-state index in [1.165, 1.54) is 12.1 Å². The summed E-state index contributed by atoms with van der Waals surface area (Å²) in [6.45, 7) is 0.432. The van der Waals surface area contributed by atoms with Crippen LogP contribution in [0.5, 0.6) is 5.75 Å². The lowest BCUT2D eigenvalue weighted by molar-refractivity contribution is -0.556. The first-order valence-corrected chi connectivity index (χ1v) is 8.91. The Hall–Kier alpha value is -1.76. The van der Waals surface area contributed by atoms with Gasteiger partial charge in [-0.1, -0.05) is 6.08 Å². The van der Waals surface area contributed by atoms with Crippen molar-refractivity contribution in [3.05, 3.63) is 41.2 Å². The monoisotopic (exact) mass is 362 g/mol. The molecule has 140 valence electrons. The Morgan fingerprint density at radius 2 is 1.88 bits per heavy atom. The van der Waals surface area contributed by atoms with Crippen molar-refractivity contribution >= 4 is 5.71 Å². The average molecular weight is 362 g/mol. The van der Waals surface area contributed by atoms with Gasteiger partial charge in [-0.25, -0.2) is 8.97 Å². The van der Waals surface area contributed by atoms with Crippen molar-refractivity contribution in [3.8, 4) is 5.75 Å². The third kappa shape index (κ3) is 2.59. The molecule has 1 aromatic rings. The van der Waals surface area contributed by atoms with E-state index in [-0.39, 0.29) is 36.1 Å². The van der Waals surface area contributed by atoms with Gasteiger partial charge in [0.25, 0.3) is 0 Å². The molecule has 5 unspecified atom stereocenters. The number of halogens is 1. The van der Waals surface area contributed by atoms with Gasteiger partial charge >= 0.3 is 0 Å². The summed E-state index contributed by atoms with van der Waals surface area (Å²) in [5, 5.41) is 0. The maximum absolute atomic E-state index is 13.6. The summed E-state index contributed by atoms with van der Waals surface area (Å²) in [4.78, 5) is 0. The number of fused-ring (bicyclic) bond motifs is 4. The molecule has 0 spiro atoms. The van der Waals surface area contributed by atoms with Crippen LogP contribution in [0.3, 0.4) is 0 Å². The second-order valence-electron chi connectivity index (χ2n) is 7.14. The molecule has 26 heavy (non-hydrogen) atoms. The SMILES string of the molecule is COC1CC2C(C=C3COc4cc(F)ccc4C3=[N+]2C)C(OC)C1OC. The molecule has 0 amide bonds. The Bertz CT molecular complexity index is 775. The number of hydrogen-bond acceptors (Lipinski definition) is 4. The highest BCUT2D eigenvalue weighted by Crippen LogP contribution is 2.39. The number of rotatable bonds is 3. The zero-order valence-corrected chi connectivity index (χ0v) is 15.6. The van der Waals surface area contributed by atoms with Crippen LogP contribution in [0.4, 0.5) is 4.39 Å². The average Bonchev–Trinajstić information content (AvgIpc) is 2.66. The van der Waals surface area contributed by atoms with Crippen LogP contribution in [-0.4, -0.2) is 69.6 Å². The lowest BCUT2D eigenvalue weighted by Crippen LogP contribution is -2.59. The summed E-state index contributed by atoms with van der Waals surface area (Å²) in [6, 6.07) is 4.95. The quantitative estimate of drug-likeness (QED) is 0.772. The van der Waals surface area contributed by atoms with Gasteiger partial charge in [-0.15, -0.1) is 0 Å². The van der Waals surface area contributed by atoms with E-state index < -0.39 is 0 Å². The van der Waals surface area contributed by atoms with Crippen molar-refractivity contribution in [3.63, 3.8) is 0 Å². The smallest absolute Gasteiger partial charge is 0.217 e. The Kier molecular flexibility index (Phi) is 4.59. The van der Waals surface area contributed by atoms with Crippen LogP contribution in [0.15, 0.2) is 29.8 Å². The Morgan fingerprint density at radius 1 is 1.12 bits per heavy atom. The van der Waals surface area contributed by atoms with Gasteiger partial charge in [0.15, 0.2) is 6.04 Å². The third-order valence-corrected chi connectivity index (χ3v) is 5.96. The van der Waals surface area contributed by atoms with E-state index in [4.69, 9.17) is 18.9 Å². The molecular weight excluding hydrogens is 337 g/mol. The van der Waals surface area contributed by atoms with E-state index in [0.29, 0.717) is 12.4 Å². The molecular formula is C20H25FNO4+. The van der Waals surface area contributed by atoms with Crippen LogP contribution >= 0.6 is 0 Å². The van der Waals surface area contributed by atoms with Gasteiger partial charge in [0.1, 0.15) is 31.3 Å². The molecule has 2 aliphatic heterocycles. The first kappa shape index (κ1) is 17.6. The molecule has 0 bridgehead atoms. The molecule has 0 saturated heterocycles. The molecule has 5 nitrogen and oxygen atoms in total. The second kappa shape index (κ2) is 6.76. The predicted octanol–water partition coefficient (Wildman–Crippen LogP) is 2.02. The van der Waals surface area contributed by atoms with Crippen molar-refractivity contribution in [2.45, 2.75) is 30.8 Å². The Labute approximate surface area is 153 Å². The van der Waals surface area contributed by atoms with Gasteiger partial charge in [0, 0.05) is 33.8 Å². The van der Waals surface area contributed by atoms with Gasteiger partial charge in [-0.2, -0.15) is 0 Å². The summed E-state index contributed by atoms with van der Waals surface area (Å²) in [7, 11) is 7.23. The van der Waals surface area contributed by atoms with Gasteiger partial charge in [-0.3, -0.25) is 0 Å². The highest BCUT2D eigenvalue weighted by Gasteiger charge is 2.52. The van der Waals surface area contributed by atoms with Crippen LogP contribution in [0, 0.1) is 11.7 Å². The summed E-state index contributed by atoms with van der Waals surface area (Å²) in [5.74, 6) is 0.484. The zero-order chi connectivity index (χ0) is 18.4. The predicted molar refractivity (Wildman–Crippen MR) is 94.6 cm³/mol. The molecule has 1 aliphatic carbocycles. The Morgan fingerprint density at radius 3 is 2.58 bits per heavy atom. The third-order valence-electron chi connectivity index (χ3n) is 5.96. The van der Waals surface area contributed by atoms with E-state index in [9.17, 15) is 4.39 Å². The van der Waals surface area contributed by atoms with E-state index in [1.807, 2.05) is 0 Å². The summed E-state index contributed by atoms with van der Waals surface area (Å²) in [6.07, 6.45) is 2.81. The summed E-state index contributed by atoms with van der Waals surface area (Å²) in [5.41, 5.74) is 3.15. The van der Waals surface area contributed by atoms with E-state index >= 15 is 0 Å².